The van der Waals surface area contributed by atoms with Gasteiger partial charge in [0.15, 0.2) is 5.75 Å². The number of aromatic hydroxyl groups is 1. The lowest BCUT2D eigenvalue weighted by Gasteiger charge is -2.29. The first kappa shape index (κ1) is 19.6. The quantitative estimate of drug-likeness (QED) is 0.515. The summed E-state index contributed by atoms with van der Waals surface area (Å²) in [6, 6.07) is 5.02. The summed E-state index contributed by atoms with van der Waals surface area (Å²) in [6.07, 6.45) is 4.51. The van der Waals surface area contributed by atoms with Crippen molar-refractivity contribution in [1.29, 1.82) is 0 Å². The summed E-state index contributed by atoms with van der Waals surface area (Å²) in [7, 11) is 0. The molecule has 4 rings (SSSR count). The number of halogens is 1. The number of nitro benzene ring substituents is 1. The zero-order valence-electron chi connectivity index (χ0n) is 15.9. The van der Waals surface area contributed by atoms with Crippen molar-refractivity contribution in [3.63, 3.8) is 0 Å². The number of aryl methyl sites for hydroxylation is 2. The topological polar surface area (TPSA) is 96.6 Å². The van der Waals surface area contributed by atoms with Gasteiger partial charge < -0.3 is 10.0 Å². The molecule has 1 aromatic carbocycles. The molecule has 1 fully saturated rings. The van der Waals surface area contributed by atoms with E-state index >= 15 is 0 Å². The number of likely N-dealkylation sites (tertiary alicyclic amines) is 1. The van der Waals surface area contributed by atoms with Gasteiger partial charge in [-0.2, -0.15) is 0 Å². The summed E-state index contributed by atoms with van der Waals surface area (Å²) in [5.74, 6) is -0.261. The Labute approximate surface area is 176 Å². The lowest BCUT2D eigenvalue weighted by Crippen LogP contribution is -2.34. The van der Waals surface area contributed by atoms with Gasteiger partial charge in [0.25, 0.3) is 0 Å². The summed E-state index contributed by atoms with van der Waals surface area (Å²) < 4.78 is 0.881. The molecule has 29 heavy (non-hydrogen) atoms. The molecule has 0 spiro atoms. The molecular formula is C21H20BrN3O4. The molecule has 1 aromatic heterocycles. The van der Waals surface area contributed by atoms with Crippen LogP contribution in [-0.2, 0) is 17.6 Å². The van der Waals surface area contributed by atoms with E-state index in [1.54, 1.807) is 13.1 Å². The second-order valence-electron chi connectivity index (χ2n) is 7.40. The molecular weight excluding hydrogens is 438 g/mol. The fraction of sp³-hybridized carbons (Fsp3) is 0.333. The highest BCUT2D eigenvalue weighted by Gasteiger charge is 2.28. The van der Waals surface area contributed by atoms with E-state index in [1.165, 1.54) is 12.1 Å². The van der Waals surface area contributed by atoms with Gasteiger partial charge in [-0.15, -0.1) is 0 Å². The normalized spacial score (nSPS) is 16.1. The number of fused-ring (bicyclic) bond motifs is 2. The van der Waals surface area contributed by atoms with Crippen LogP contribution in [0, 0.1) is 10.1 Å². The summed E-state index contributed by atoms with van der Waals surface area (Å²) in [4.78, 5) is 29.1. The van der Waals surface area contributed by atoms with Crippen molar-refractivity contribution in [2.24, 2.45) is 0 Å². The highest BCUT2D eigenvalue weighted by atomic mass is 79.9. The molecule has 0 saturated carbocycles. The molecule has 1 aliphatic heterocycles. The zero-order valence-corrected chi connectivity index (χ0v) is 17.5. The van der Waals surface area contributed by atoms with Crippen LogP contribution in [0.25, 0.3) is 5.57 Å². The van der Waals surface area contributed by atoms with E-state index in [4.69, 9.17) is 0 Å². The average molecular weight is 458 g/mol. The van der Waals surface area contributed by atoms with Crippen LogP contribution in [0.2, 0.25) is 0 Å². The summed E-state index contributed by atoms with van der Waals surface area (Å²) in [5, 5.41) is 21.6. The number of benzene rings is 1. The number of phenolic OH excluding ortho intramolecular Hbond substituents is 1. The standard InChI is InChI=1S/C21H20BrN3O4/c1-12(26)24-6-4-13(5-7-24)20-17-10-18(25(28)29)19(27)9-14(17)2-3-15-8-16(22)11-23-21(15)20/h8-11,27H,2-7H2,1H3. The number of phenols is 1. The Bertz CT molecular complexity index is 1050. The van der Waals surface area contributed by atoms with E-state index in [0.717, 1.165) is 44.4 Å². The number of carbonyl (C=O) groups excluding carboxylic acids is 1. The third-order valence-corrected chi connectivity index (χ3v) is 6.10. The van der Waals surface area contributed by atoms with Crippen LogP contribution in [0.3, 0.4) is 0 Å². The van der Waals surface area contributed by atoms with Crippen LogP contribution in [0.4, 0.5) is 5.69 Å². The fourth-order valence-electron chi connectivity index (χ4n) is 4.20. The SMILES string of the molecule is CC(=O)N1CCC(=C2c3cc([N+](=O)[O-])c(O)cc3CCc3cc(Br)cnc32)CC1. The van der Waals surface area contributed by atoms with Gasteiger partial charge in [0.2, 0.25) is 5.91 Å². The van der Waals surface area contributed by atoms with Crippen molar-refractivity contribution >= 4 is 33.1 Å². The van der Waals surface area contributed by atoms with Gasteiger partial charge in [0, 0.05) is 42.3 Å². The second kappa shape index (κ2) is 7.59. The van der Waals surface area contributed by atoms with Crippen LogP contribution in [0.15, 0.2) is 34.4 Å². The Balaban J connectivity index is 1.93. The highest BCUT2D eigenvalue weighted by molar-refractivity contribution is 9.10. The third kappa shape index (κ3) is 3.64. The van der Waals surface area contributed by atoms with Crippen LogP contribution in [0.1, 0.15) is 42.1 Å². The number of rotatable bonds is 1. The van der Waals surface area contributed by atoms with Gasteiger partial charge in [-0.1, -0.05) is 5.57 Å². The molecule has 1 aliphatic carbocycles. The number of hydrogen-bond donors (Lipinski definition) is 1. The number of hydrogen-bond acceptors (Lipinski definition) is 5. The van der Waals surface area contributed by atoms with E-state index in [9.17, 15) is 20.0 Å². The van der Waals surface area contributed by atoms with Crippen LogP contribution in [0.5, 0.6) is 5.75 Å². The molecule has 1 N–H and O–H groups in total. The molecule has 7 nitrogen and oxygen atoms in total. The Kier molecular flexibility index (Phi) is 5.12. The first-order chi connectivity index (χ1) is 13.8. The van der Waals surface area contributed by atoms with E-state index in [1.807, 2.05) is 11.0 Å². The molecule has 0 bridgehead atoms. The van der Waals surface area contributed by atoms with Crippen LogP contribution in [-0.4, -0.2) is 38.9 Å². The van der Waals surface area contributed by atoms with Crippen molar-refractivity contribution < 1.29 is 14.8 Å². The summed E-state index contributed by atoms with van der Waals surface area (Å²) in [5.41, 5.74) is 5.28. The lowest BCUT2D eigenvalue weighted by molar-refractivity contribution is -0.385. The maximum absolute atomic E-state index is 11.7. The molecule has 2 aromatic rings. The number of nitrogens with zero attached hydrogens (tertiary/aromatic N) is 3. The van der Waals surface area contributed by atoms with E-state index in [2.05, 4.69) is 20.9 Å². The van der Waals surface area contributed by atoms with Gasteiger partial charge in [0.05, 0.1) is 10.6 Å². The van der Waals surface area contributed by atoms with Gasteiger partial charge in [0.1, 0.15) is 0 Å². The minimum absolute atomic E-state index is 0.0540. The summed E-state index contributed by atoms with van der Waals surface area (Å²) >= 11 is 3.48. The second-order valence-corrected chi connectivity index (χ2v) is 8.32. The zero-order chi connectivity index (χ0) is 20.7. The van der Waals surface area contributed by atoms with Crippen LogP contribution >= 0.6 is 15.9 Å². The van der Waals surface area contributed by atoms with Crippen molar-refractivity contribution in [3.05, 3.63) is 66.9 Å². The van der Waals surface area contributed by atoms with Crippen molar-refractivity contribution in [1.82, 2.24) is 9.88 Å². The van der Waals surface area contributed by atoms with E-state index < -0.39 is 4.92 Å². The minimum atomic E-state index is -0.558. The molecule has 1 saturated heterocycles. The molecule has 0 radical (unpaired) electrons. The summed E-state index contributed by atoms with van der Waals surface area (Å²) in [6.45, 7) is 2.81. The molecule has 150 valence electrons. The number of carbonyl (C=O) groups is 1. The maximum atomic E-state index is 11.7. The van der Waals surface area contributed by atoms with Gasteiger partial charge >= 0.3 is 5.69 Å². The predicted molar refractivity (Wildman–Crippen MR) is 112 cm³/mol. The Hall–Kier alpha value is -2.74. The van der Waals surface area contributed by atoms with Gasteiger partial charge in [-0.05, 0) is 70.4 Å². The first-order valence-corrected chi connectivity index (χ1v) is 10.3. The first-order valence-electron chi connectivity index (χ1n) is 9.48. The van der Waals surface area contributed by atoms with Gasteiger partial charge in [-0.3, -0.25) is 19.9 Å². The molecule has 8 heteroatoms. The Morgan fingerprint density at radius 3 is 2.52 bits per heavy atom. The monoisotopic (exact) mass is 457 g/mol. The largest absolute Gasteiger partial charge is 0.502 e. The number of aromatic nitrogens is 1. The highest BCUT2D eigenvalue weighted by Crippen LogP contribution is 2.42. The Morgan fingerprint density at radius 2 is 1.86 bits per heavy atom. The molecule has 2 heterocycles. The Morgan fingerprint density at radius 1 is 1.17 bits per heavy atom. The van der Waals surface area contributed by atoms with Gasteiger partial charge in [-0.25, -0.2) is 0 Å². The molecule has 0 unspecified atom stereocenters. The van der Waals surface area contributed by atoms with E-state index in [-0.39, 0.29) is 17.3 Å². The fourth-order valence-corrected chi connectivity index (χ4v) is 4.58. The van der Waals surface area contributed by atoms with E-state index in [0.29, 0.717) is 32.4 Å². The number of pyridine rings is 1. The van der Waals surface area contributed by atoms with Crippen molar-refractivity contribution in [2.45, 2.75) is 32.6 Å². The smallest absolute Gasteiger partial charge is 0.311 e. The van der Waals surface area contributed by atoms with Crippen LogP contribution < -0.4 is 0 Å². The molecule has 1 amide bonds. The number of nitro groups is 1. The van der Waals surface area contributed by atoms with Crippen molar-refractivity contribution in [2.75, 3.05) is 13.1 Å². The predicted octanol–water partition coefficient (Wildman–Crippen LogP) is 4.00. The lowest BCUT2D eigenvalue weighted by atomic mass is 9.88. The molecule has 2 aliphatic rings. The maximum Gasteiger partial charge on any atom is 0.311 e. The average Bonchev–Trinajstić information content (AvgIpc) is 2.83. The minimum Gasteiger partial charge on any atom is -0.502 e. The number of amides is 1. The number of piperidine rings is 1. The van der Waals surface area contributed by atoms with Crippen molar-refractivity contribution in [3.8, 4) is 5.75 Å². The third-order valence-electron chi connectivity index (χ3n) is 5.67. The molecule has 0 atom stereocenters.